The molecule has 0 aromatic carbocycles. The van der Waals surface area contributed by atoms with Gasteiger partial charge in [0.25, 0.3) is 0 Å². The van der Waals surface area contributed by atoms with Gasteiger partial charge in [0.2, 0.25) is 0 Å². The van der Waals surface area contributed by atoms with Gasteiger partial charge in [-0.25, -0.2) is 0 Å². The minimum Gasteiger partial charge on any atom is -0.392 e. The van der Waals surface area contributed by atoms with Crippen LogP contribution >= 0.6 is 0 Å². The lowest BCUT2D eigenvalue weighted by Crippen LogP contribution is -2.58. The highest BCUT2D eigenvalue weighted by molar-refractivity contribution is 4.94. The largest absolute Gasteiger partial charge is 0.392 e. The van der Waals surface area contributed by atoms with Crippen molar-refractivity contribution in [2.24, 2.45) is 0 Å². The van der Waals surface area contributed by atoms with Crippen molar-refractivity contribution in [2.75, 3.05) is 0 Å². The van der Waals surface area contributed by atoms with Crippen molar-refractivity contribution < 1.29 is 10.2 Å². The Kier molecular flexibility index (Phi) is 1.87. The Bertz CT molecular complexity index is 135. The van der Waals surface area contributed by atoms with Crippen molar-refractivity contribution in [3.8, 4) is 0 Å². The first-order valence-electron chi connectivity index (χ1n) is 4.39. The number of aliphatic hydroxyl groups excluding tert-OH is 2. The minimum atomic E-state index is -0.164. The summed E-state index contributed by atoms with van der Waals surface area (Å²) in [5.41, 5.74) is 0. The van der Waals surface area contributed by atoms with E-state index in [1.165, 1.54) is 0 Å². The van der Waals surface area contributed by atoms with E-state index in [2.05, 4.69) is 5.32 Å². The van der Waals surface area contributed by atoms with Crippen molar-refractivity contribution in [1.29, 1.82) is 0 Å². The van der Waals surface area contributed by atoms with Gasteiger partial charge in [-0.15, -0.1) is 0 Å². The Hall–Kier alpha value is -0.120. The maximum atomic E-state index is 9.22. The summed E-state index contributed by atoms with van der Waals surface area (Å²) >= 11 is 0. The molecule has 0 aromatic rings. The molecule has 4 atom stereocenters. The zero-order chi connectivity index (χ0) is 7.84. The van der Waals surface area contributed by atoms with Gasteiger partial charge in [-0.1, -0.05) is 0 Å². The topological polar surface area (TPSA) is 52.5 Å². The summed E-state index contributed by atoms with van der Waals surface area (Å²) in [5, 5.41) is 21.7. The molecule has 0 aromatic heterocycles. The van der Waals surface area contributed by atoms with E-state index in [1.54, 1.807) is 0 Å². The van der Waals surface area contributed by atoms with Crippen LogP contribution in [-0.4, -0.2) is 34.5 Å². The lowest BCUT2D eigenvalue weighted by Gasteiger charge is -2.41. The number of hydrogen-bond donors (Lipinski definition) is 3. The molecule has 2 fully saturated rings. The van der Waals surface area contributed by atoms with Crippen LogP contribution in [0.15, 0.2) is 0 Å². The molecule has 0 heterocycles. The van der Waals surface area contributed by atoms with Gasteiger partial charge in [0.15, 0.2) is 0 Å². The van der Waals surface area contributed by atoms with Crippen molar-refractivity contribution in [3.63, 3.8) is 0 Å². The molecule has 2 aliphatic rings. The molecule has 3 nitrogen and oxygen atoms in total. The first kappa shape index (κ1) is 7.53. The smallest absolute Gasteiger partial charge is 0.0693 e. The number of rotatable bonds is 2. The standard InChI is InChI=1S/C8H15NO2/c10-7-3-1-5(7)9-6-2-4-8(6)11/h5-11H,1-4H2/t5-,6?,7-,8+/m0/s1. The van der Waals surface area contributed by atoms with Gasteiger partial charge in [0, 0.05) is 12.1 Å². The zero-order valence-corrected chi connectivity index (χ0v) is 6.53. The normalized spacial score (nSPS) is 49.6. The van der Waals surface area contributed by atoms with Gasteiger partial charge in [-0.3, -0.25) is 0 Å². The van der Waals surface area contributed by atoms with Gasteiger partial charge in [0.05, 0.1) is 12.2 Å². The van der Waals surface area contributed by atoms with Crippen LogP contribution in [0.5, 0.6) is 0 Å². The highest BCUT2D eigenvalue weighted by atomic mass is 16.3. The third-order valence-electron chi connectivity index (χ3n) is 2.90. The van der Waals surface area contributed by atoms with Crippen LogP contribution in [0.1, 0.15) is 25.7 Å². The fourth-order valence-electron chi connectivity index (χ4n) is 1.63. The van der Waals surface area contributed by atoms with E-state index >= 15 is 0 Å². The predicted molar refractivity (Wildman–Crippen MR) is 41.2 cm³/mol. The van der Waals surface area contributed by atoms with Gasteiger partial charge in [0.1, 0.15) is 0 Å². The highest BCUT2D eigenvalue weighted by Gasteiger charge is 2.36. The summed E-state index contributed by atoms with van der Waals surface area (Å²) in [5.74, 6) is 0. The third-order valence-corrected chi connectivity index (χ3v) is 2.90. The van der Waals surface area contributed by atoms with Crippen LogP contribution in [0, 0.1) is 0 Å². The minimum absolute atomic E-state index is 0.164. The SMILES string of the molecule is O[C@@H]1CCC1N[C@H]1CC[C@@H]1O. The second kappa shape index (κ2) is 2.73. The van der Waals surface area contributed by atoms with E-state index in [1.807, 2.05) is 0 Å². The number of hydrogen-bond acceptors (Lipinski definition) is 3. The first-order chi connectivity index (χ1) is 5.27. The molecule has 0 aliphatic heterocycles. The van der Waals surface area contributed by atoms with E-state index in [-0.39, 0.29) is 24.3 Å². The van der Waals surface area contributed by atoms with Crippen LogP contribution in [0.4, 0.5) is 0 Å². The fourth-order valence-corrected chi connectivity index (χ4v) is 1.63. The number of nitrogens with one attached hydrogen (secondary N) is 1. The lowest BCUT2D eigenvalue weighted by atomic mass is 9.83. The molecule has 0 bridgehead atoms. The molecule has 1 unspecified atom stereocenters. The second-order valence-electron chi connectivity index (χ2n) is 3.67. The van der Waals surface area contributed by atoms with Crippen molar-refractivity contribution in [2.45, 2.75) is 50.0 Å². The monoisotopic (exact) mass is 157 g/mol. The summed E-state index contributed by atoms with van der Waals surface area (Å²) in [6, 6.07) is 0.518. The third kappa shape index (κ3) is 1.28. The summed E-state index contributed by atoms with van der Waals surface area (Å²) in [6.07, 6.45) is 3.63. The number of aliphatic hydroxyl groups is 2. The van der Waals surface area contributed by atoms with E-state index in [4.69, 9.17) is 0 Å². The van der Waals surface area contributed by atoms with Gasteiger partial charge in [-0.2, -0.15) is 0 Å². The Morgan fingerprint density at radius 3 is 1.45 bits per heavy atom. The van der Waals surface area contributed by atoms with Crippen LogP contribution < -0.4 is 5.32 Å². The fraction of sp³-hybridized carbons (Fsp3) is 1.00. The highest BCUT2D eigenvalue weighted by Crippen LogP contribution is 2.25. The summed E-state index contributed by atoms with van der Waals surface area (Å²) < 4.78 is 0. The summed E-state index contributed by atoms with van der Waals surface area (Å²) in [7, 11) is 0. The molecule has 2 aliphatic carbocycles. The molecule has 0 saturated heterocycles. The Balaban J connectivity index is 1.73. The molecule has 0 amide bonds. The molecular formula is C8H15NO2. The molecule has 0 radical (unpaired) electrons. The second-order valence-corrected chi connectivity index (χ2v) is 3.67. The summed E-state index contributed by atoms with van der Waals surface area (Å²) in [4.78, 5) is 0. The average Bonchev–Trinajstić information content (AvgIpc) is 1.99. The van der Waals surface area contributed by atoms with Crippen molar-refractivity contribution >= 4 is 0 Å². The van der Waals surface area contributed by atoms with E-state index in [9.17, 15) is 10.2 Å². The Morgan fingerprint density at radius 1 is 0.818 bits per heavy atom. The Morgan fingerprint density at radius 2 is 1.27 bits per heavy atom. The average molecular weight is 157 g/mol. The molecule has 2 saturated carbocycles. The van der Waals surface area contributed by atoms with Crippen LogP contribution in [0.2, 0.25) is 0 Å². The molecule has 3 heteroatoms. The molecule has 3 N–H and O–H groups in total. The Labute approximate surface area is 66.4 Å². The zero-order valence-electron chi connectivity index (χ0n) is 6.53. The van der Waals surface area contributed by atoms with E-state index < -0.39 is 0 Å². The van der Waals surface area contributed by atoms with Gasteiger partial charge >= 0.3 is 0 Å². The maximum absolute atomic E-state index is 9.22. The quantitative estimate of drug-likeness (QED) is 0.512. The van der Waals surface area contributed by atoms with Crippen molar-refractivity contribution in [1.82, 2.24) is 5.32 Å². The van der Waals surface area contributed by atoms with Crippen LogP contribution in [0.3, 0.4) is 0 Å². The van der Waals surface area contributed by atoms with E-state index in [0.29, 0.717) is 0 Å². The van der Waals surface area contributed by atoms with Crippen molar-refractivity contribution in [3.05, 3.63) is 0 Å². The molecule has 2 rings (SSSR count). The van der Waals surface area contributed by atoms with Gasteiger partial charge < -0.3 is 15.5 Å². The summed E-state index contributed by atoms with van der Waals surface area (Å²) in [6.45, 7) is 0. The molecule has 11 heavy (non-hydrogen) atoms. The molecule has 64 valence electrons. The lowest BCUT2D eigenvalue weighted by molar-refractivity contribution is -0.00303. The maximum Gasteiger partial charge on any atom is 0.0693 e. The molecular weight excluding hydrogens is 142 g/mol. The molecule has 0 spiro atoms. The van der Waals surface area contributed by atoms with Gasteiger partial charge in [-0.05, 0) is 25.7 Å². The predicted octanol–water partition coefficient (Wildman–Crippen LogP) is -0.377. The first-order valence-corrected chi connectivity index (χ1v) is 4.39. The van der Waals surface area contributed by atoms with Crippen LogP contribution in [-0.2, 0) is 0 Å². The van der Waals surface area contributed by atoms with Crippen LogP contribution in [0.25, 0.3) is 0 Å². The van der Waals surface area contributed by atoms with E-state index in [0.717, 1.165) is 25.7 Å².